The van der Waals surface area contributed by atoms with E-state index in [1.165, 1.54) is 50.7 Å². The number of aryl methyl sites for hydroxylation is 1. The third kappa shape index (κ3) is 4.40. The molecule has 20 heavy (non-hydrogen) atoms. The van der Waals surface area contributed by atoms with E-state index in [-0.39, 0.29) is 3.57 Å². The largest absolute Gasteiger partial charge is 0.206 e. The van der Waals surface area contributed by atoms with Gasteiger partial charge < -0.3 is 0 Å². The van der Waals surface area contributed by atoms with Crippen LogP contribution in [0.5, 0.6) is 0 Å². The molecule has 0 radical (unpaired) electrons. The highest BCUT2D eigenvalue weighted by atomic mass is 127. The fraction of sp³-hybridized carbons (Fsp3) is 0.647. The van der Waals surface area contributed by atoms with Gasteiger partial charge in [0.1, 0.15) is 11.6 Å². The fourth-order valence-corrected chi connectivity index (χ4v) is 3.65. The first kappa shape index (κ1) is 16.2. The summed E-state index contributed by atoms with van der Waals surface area (Å²) in [6.07, 6.45) is 9.78. The minimum absolute atomic E-state index is 0.103. The van der Waals surface area contributed by atoms with Gasteiger partial charge in [0, 0.05) is 0 Å². The molecule has 0 heterocycles. The van der Waals surface area contributed by atoms with Gasteiger partial charge in [-0.2, -0.15) is 0 Å². The van der Waals surface area contributed by atoms with Crippen LogP contribution in [0.3, 0.4) is 0 Å². The Morgan fingerprint density at radius 1 is 1.00 bits per heavy atom. The summed E-state index contributed by atoms with van der Waals surface area (Å²) in [6.45, 7) is 2.26. The molecule has 1 aliphatic rings. The van der Waals surface area contributed by atoms with E-state index in [1.807, 2.05) is 0 Å². The average molecular weight is 392 g/mol. The van der Waals surface area contributed by atoms with Gasteiger partial charge in [0.2, 0.25) is 0 Å². The molecule has 0 amide bonds. The summed E-state index contributed by atoms with van der Waals surface area (Å²) >= 11 is 1.72. The van der Waals surface area contributed by atoms with E-state index in [9.17, 15) is 8.78 Å². The fourth-order valence-electron chi connectivity index (χ4n) is 3.34. The molecule has 1 saturated carbocycles. The van der Waals surface area contributed by atoms with Crippen molar-refractivity contribution in [1.82, 2.24) is 0 Å². The molecular formula is C17H23F2I. The second kappa shape index (κ2) is 7.71. The normalized spacial score (nSPS) is 23.0. The molecule has 1 aromatic rings. The van der Waals surface area contributed by atoms with Gasteiger partial charge in [-0.1, -0.05) is 45.4 Å². The zero-order chi connectivity index (χ0) is 14.5. The topological polar surface area (TPSA) is 0 Å². The van der Waals surface area contributed by atoms with E-state index in [0.717, 1.165) is 30.2 Å². The van der Waals surface area contributed by atoms with Crippen molar-refractivity contribution in [3.05, 3.63) is 32.9 Å². The Labute approximate surface area is 134 Å². The molecule has 1 aliphatic carbocycles. The molecule has 0 aromatic heterocycles. The standard InChI is InChI=1S/C17H23F2I/c1-2-3-12-4-6-13(7-5-12)8-9-14-10-15(18)17(20)16(19)11-14/h10-13H,2-9H2,1H3. The summed E-state index contributed by atoms with van der Waals surface area (Å²) < 4.78 is 27.1. The third-order valence-corrected chi connectivity index (χ3v) is 5.58. The van der Waals surface area contributed by atoms with Crippen LogP contribution in [0, 0.1) is 27.0 Å². The van der Waals surface area contributed by atoms with Crippen molar-refractivity contribution in [3.8, 4) is 0 Å². The van der Waals surface area contributed by atoms with E-state index in [2.05, 4.69) is 6.92 Å². The maximum atomic E-state index is 13.5. The second-order valence-corrected chi connectivity index (χ2v) is 7.17. The van der Waals surface area contributed by atoms with Crippen LogP contribution in [-0.2, 0) is 6.42 Å². The molecule has 0 bridgehead atoms. The molecule has 2 rings (SSSR count). The van der Waals surface area contributed by atoms with Crippen molar-refractivity contribution in [3.63, 3.8) is 0 Å². The van der Waals surface area contributed by atoms with Crippen molar-refractivity contribution in [2.75, 3.05) is 0 Å². The maximum Gasteiger partial charge on any atom is 0.139 e. The van der Waals surface area contributed by atoms with Gasteiger partial charge in [0.15, 0.2) is 0 Å². The van der Waals surface area contributed by atoms with Crippen molar-refractivity contribution in [2.24, 2.45) is 11.8 Å². The lowest BCUT2D eigenvalue weighted by Crippen LogP contribution is -2.15. The summed E-state index contributed by atoms with van der Waals surface area (Å²) in [6, 6.07) is 2.99. The summed E-state index contributed by atoms with van der Waals surface area (Å²) in [5, 5.41) is 0. The Hall–Kier alpha value is -0.190. The molecule has 1 aromatic carbocycles. The lowest BCUT2D eigenvalue weighted by Gasteiger charge is -2.28. The van der Waals surface area contributed by atoms with Crippen LogP contribution in [0.1, 0.15) is 57.4 Å². The molecule has 1 fully saturated rings. The lowest BCUT2D eigenvalue weighted by molar-refractivity contribution is 0.252. The van der Waals surface area contributed by atoms with Crippen molar-refractivity contribution in [2.45, 2.75) is 58.3 Å². The van der Waals surface area contributed by atoms with Crippen LogP contribution in [0.2, 0.25) is 0 Å². The second-order valence-electron chi connectivity index (χ2n) is 6.09. The van der Waals surface area contributed by atoms with Gasteiger partial charge in [0.05, 0.1) is 3.57 Å². The van der Waals surface area contributed by atoms with Gasteiger partial charge in [0.25, 0.3) is 0 Å². The number of halogens is 3. The van der Waals surface area contributed by atoms with Crippen LogP contribution >= 0.6 is 22.6 Å². The van der Waals surface area contributed by atoms with Crippen LogP contribution in [0.15, 0.2) is 12.1 Å². The van der Waals surface area contributed by atoms with Crippen molar-refractivity contribution >= 4 is 22.6 Å². The van der Waals surface area contributed by atoms with E-state index >= 15 is 0 Å². The summed E-state index contributed by atoms with van der Waals surface area (Å²) in [5.41, 5.74) is 0.802. The number of hydrogen-bond acceptors (Lipinski definition) is 0. The summed E-state index contributed by atoms with van der Waals surface area (Å²) in [4.78, 5) is 0. The predicted octanol–water partition coefficient (Wildman–Crippen LogP) is 6.11. The van der Waals surface area contributed by atoms with E-state index in [1.54, 1.807) is 22.6 Å². The first-order valence-corrected chi connectivity index (χ1v) is 8.81. The molecule has 112 valence electrons. The Morgan fingerprint density at radius 3 is 2.00 bits per heavy atom. The molecular weight excluding hydrogens is 369 g/mol. The minimum atomic E-state index is -0.424. The van der Waals surface area contributed by atoms with E-state index in [4.69, 9.17) is 0 Å². The quantitative estimate of drug-likeness (QED) is 0.419. The van der Waals surface area contributed by atoms with Gasteiger partial charge >= 0.3 is 0 Å². The Bertz CT molecular complexity index is 414. The van der Waals surface area contributed by atoms with Gasteiger partial charge in [-0.25, -0.2) is 8.78 Å². The minimum Gasteiger partial charge on any atom is -0.206 e. The van der Waals surface area contributed by atoms with E-state index in [0.29, 0.717) is 0 Å². The highest BCUT2D eigenvalue weighted by Gasteiger charge is 2.20. The Balaban J connectivity index is 1.82. The number of rotatable bonds is 5. The van der Waals surface area contributed by atoms with Crippen LogP contribution in [-0.4, -0.2) is 0 Å². The number of benzene rings is 1. The number of hydrogen-bond donors (Lipinski definition) is 0. The smallest absolute Gasteiger partial charge is 0.139 e. The molecule has 3 heteroatoms. The predicted molar refractivity (Wildman–Crippen MR) is 87.8 cm³/mol. The molecule has 0 atom stereocenters. The summed E-state index contributed by atoms with van der Waals surface area (Å²) in [7, 11) is 0. The van der Waals surface area contributed by atoms with Crippen molar-refractivity contribution in [1.29, 1.82) is 0 Å². The first-order valence-electron chi connectivity index (χ1n) is 7.73. The molecule has 0 unspecified atom stereocenters. The van der Waals surface area contributed by atoms with E-state index < -0.39 is 11.6 Å². The van der Waals surface area contributed by atoms with Gasteiger partial charge in [-0.05, 0) is 65.0 Å². The SMILES string of the molecule is CCCC1CCC(CCc2cc(F)c(I)c(F)c2)CC1. The molecule has 0 nitrogen and oxygen atoms in total. The summed E-state index contributed by atoms with van der Waals surface area (Å²) in [5.74, 6) is 0.817. The highest BCUT2D eigenvalue weighted by Crippen LogP contribution is 2.34. The average Bonchev–Trinajstić information content (AvgIpc) is 2.44. The molecule has 0 spiro atoms. The molecule has 0 N–H and O–H groups in total. The van der Waals surface area contributed by atoms with Gasteiger partial charge in [-0.3, -0.25) is 0 Å². The van der Waals surface area contributed by atoms with Crippen LogP contribution < -0.4 is 0 Å². The van der Waals surface area contributed by atoms with Crippen LogP contribution in [0.4, 0.5) is 8.78 Å². The zero-order valence-corrected chi connectivity index (χ0v) is 14.3. The van der Waals surface area contributed by atoms with Gasteiger partial charge in [-0.15, -0.1) is 0 Å². The highest BCUT2D eigenvalue weighted by molar-refractivity contribution is 14.1. The molecule has 0 aliphatic heterocycles. The maximum absolute atomic E-state index is 13.5. The third-order valence-electron chi connectivity index (χ3n) is 4.55. The zero-order valence-electron chi connectivity index (χ0n) is 12.1. The van der Waals surface area contributed by atoms with Crippen LogP contribution in [0.25, 0.3) is 0 Å². The first-order chi connectivity index (χ1) is 9.60. The van der Waals surface area contributed by atoms with Crippen molar-refractivity contribution < 1.29 is 8.78 Å². The monoisotopic (exact) mass is 392 g/mol. The Morgan fingerprint density at radius 2 is 1.50 bits per heavy atom. The lowest BCUT2D eigenvalue weighted by atomic mass is 9.78. The Kier molecular flexibility index (Phi) is 6.24. The molecule has 0 saturated heterocycles.